The summed E-state index contributed by atoms with van der Waals surface area (Å²) in [6, 6.07) is 13.6. The van der Waals surface area contributed by atoms with E-state index in [9.17, 15) is 27.6 Å². The topological polar surface area (TPSA) is 185 Å². The summed E-state index contributed by atoms with van der Waals surface area (Å²) in [7, 11) is 3.16. The number of aromatic nitrogens is 4. The molecular formula is C47H55F3N8O7. The van der Waals surface area contributed by atoms with Gasteiger partial charge in [0, 0.05) is 59.8 Å². The van der Waals surface area contributed by atoms with Gasteiger partial charge in [-0.25, -0.2) is 14.8 Å². The van der Waals surface area contributed by atoms with E-state index in [1.165, 1.54) is 4.90 Å². The number of amides is 2. The first kappa shape index (κ1) is 47.8. The lowest BCUT2D eigenvalue weighted by Crippen LogP contribution is -2.40. The Morgan fingerprint density at radius 3 is 2.45 bits per heavy atom. The molecule has 5 aromatic rings. The average Bonchev–Trinajstić information content (AvgIpc) is 3.67. The van der Waals surface area contributed by atoms with Crippen molar-refractivity contribution in [2.24, 2.45) is 5.73 Å². The van der Waals surface area contributed by atoms with Crippen LogP contribution < -0.4 is 25.8 Å². The number of fused-ring (bicyclic) bond motifs is 1. The zero-order valence-electron chi connectivity index (χ0n) is 37.3. The molecular weight excluding hydrogens is 846 g/mol. The van der Waals surface area contributed by atoms with E-state index in [2.05, 4.69) is 15.6 Å². The van der Waals surface area contributed by atoms with Gasteiger partial charge < -0.3 is 35.3 Å². The van der Waals surface area contributed by atoms with Crippen molar-refractivity contribution in [3.8, 4) is 22.8 Å². The van der Waals surface area contributed by atoms with Gasteiger partial charge in [-0.05, 0) is 96.2 Å². The van der Waals surface area contributed by atoms with Gasteiger partial charge in [0.2, 0.25) is 0 Å². The molecule has 2 atom stereocenters. The SMILES string of the molecule is CCOC(=O)CN(CC/C=C/c1cnc(NCc2ccc(OC)cc2OC)c2c(-c3ccc(C(=O)Nc4cc(C(F)(F)F)ccn4)cc3)nn([C@@H]3CCC[C@@H](N)C3)c12)C(=O)OC(C)(C)C. The summed E-state index contributed by atoms with van der Waals surface area (Å²) in [5, 5.41) is 11.9. The molecule has 1 aliphatic carbocycles. The molecule has 1 fully saturated rings. The van der Waals surface area contributed by atoms with E-state index >= 15 is 0 Å². The van der Waals surface area contributed by atoms with Gasteiger partial charge in [0.05, 0.1) is 43.3 Å². The number of rotatable bonds is 16. The lowest BCUT2D eigenvalue weighted by molar-refractivity contribution is -0.144. The van der Waals surface area contributed by atoms with E-state index in [0.717, 1.165) is 54.2 Å². The molecule has 0 bridgehead atoms. The Hall–Kier alpha value is -6.69. The molecule has 6 rings (SSSR count). The number of benzene rings is 2. The second-order valence-corrected chi connectivity index (χ2v) is 16.5. The number of methoxy groups -OCH3 is 2. The first-order valence-electron chi connectivity index (χ1n) is 21.3. The number of halogens is 3. The Morgan fingerprint density at radius 1 is 1.00 bits per heavy atom. The molecule has 2 amide bonds. The summed E-state index contributed by atoms with van der Waals surface area (Å²) in [5.41, 5.74) is 8.55. The first-order chi connectivity index (χ1) is 31.0. The standard InChI is InChI=1S/C47H55F3N8O7/c1-7-64-39(59)28-57(45(61)65-46(2,3)4)22-9-8-11-32-27-54-43(53-26-31-18-19-36(62-5)25-37(31)63-6)40-41(56-58(42(32)40)35-13-10-12-34(51)24-35)29-14-16-30(17-15-29)44(60)55-38-23-33(20-21-52-38)47(48,49)50/h8,11,14-21,23,25,27,34-35H,7,9-10,12-13,22,24,26,28,51H2,1-6H3,(H,53,54)(H,52,55,60)/b11-8+/t34-,35-/m1/s1. The van der Waals surface area contributed by atoms with Crippen LogP contribution in [0, 0.1) is 0 Å². The quantitative estimate of drug-likeness (QED) is 0.0800. The van der Waals surface area contributed by atoms with Crippen molar-refractivity contribution in [1.29, 1.82) is 0 Å². The van der Waals surface area contributed by atoms with Gasteiger partial charge in [0.15, 0.2) is 0 Å². The van der Waals surface area contributed by atoms with Crippen LogP contribution in [0.3, 0.4) is 0 Å². The summed E-state index contributed by atoms with van der Waals surface area (Å²) >= 11 is 0. The number of ether oxygens (including phenoxy) is 4. The van der Waals surface area contributed by atoms with Crippen LogP contribution in [0.25, 0.3) is 28.2 Å². The molecule has 3 aromatic heterocycles. The first-order valence-corrected chi connectivity index (χ1v) is 21.3. The largest absolute Gasteiger partial charge is 0.497 e. The van der Waals surface area contributed by atoms with Crippen LogP contribution in [0.2, 0.25) is 0 Å². The van der Waals surface area contributed by atoms with E-state index in [4.69, 9.17) is 34.8 Å². The molecule has 4 N–H and O–H groups in total. The zero-order chi connectivity index (χ0) is 46.9. The molecule has 0 radical (unpaired) electrons. The van der Waals surface area contributed by atoms with Gasteiger partial charge in [-0.1, -0.05) is 24.3 Å². The molecule has 1 aliphatic rings. The monoisotopic (exact) mass is 900 g/mol. The summed E-state index contributed by atoms with van der Waals surface area (Å²) < 4.78 is 63.9. The molecule has 0 unspecified atom stereocenters. The number of alkyl halides is 3. The molecule has 3 heterocycles. The van der Waals surface area contributed by atoms with E-state index < -0.39 is 35.3 Å². The smallest absolute Gasteiger partial charge is 0.416 e. The maximum Gasteiger partial charge on any atom is 0.416 e. The lowest BCUT2D eigenvalue weighted by Gasteiger charge is -2.27. The van der Waals surface area contributed by atoms with Crippen molar-refractivity contribution in [3.05, 3.63) is 95.3 Å². The number of nitrogens with two attached hydrogens (primary N) is 1. The Balaban J connectivity index is 1.41. The van der Waals surface area contributed by atoms with Gasteiger partial charge >= 0.3 is 18.2 Å². The van der Waals surface area contributed by atoms with Crippen LogP contribution in [0.1, 0.15) is 92.9 Å². The minimum absolute atomic E-state index is 0.0419. The van der Waals surface area contributed by atoms with Crippen molar-refractivity contribution in [1.82, 2.24) is 24.6 Å². The van der Waals surface area contributed by atoms with E-state index in [1.54, 1.807) is 78.4 Å². The molecule has 0 saturated heterocycles. The Kier molecular flexibility index (Phi) is 15.3. The highest BCUT2D eigenvalue weighted by Crippen LogP contribution is 2.40. The van der Waals surface area contributed by atoms with Gasteiger partial charge in [-0.15, -0.1) is 0 Å². The van der Waals surface area contributed by atoms with Gasteiger partial charge in [-0.3, -0.25) is 19.2 Å². The van der Waals surface area contributed by atoms with Crippen molar-refractivity contribution in [3.63, 3.8) is 0 Å². The number of nitrogens with zero attached hydrogens (tertiary/aromatic N) is 5. The van der Waals surface area contributed by atoms with E-state index in [0.29, 0.717) is 53.3 Å². The molecule has 2 aromatic carbocycles. The average molecular weight is 901 g/mol. The fraction of sp³-hybridized carbons (Fsp3) is 0.404. The van der Waals surface area contributed by atoms with Crippen LogP contribution in [0.15, 0.2) is 73.1 Å². The van der Waals surface area contributed by atoms with E-state index in [-0.39, 0.29) is 43.2 Å². The summed E-state index contributed by atoms with van der Waals surface area (Å²) in [6.07, 6.45) is 4.92. The normalized spacial score (nSPS) is 15.4. The van der Waals surface area contributed by atoms with Gasteiger partial charge in [-0.2, -0.15) is 18.3 Å². The second kappa shape index (κ2) is 20.9. The third-order valence-corrected chi connectivity index (χ3v) is 10.6. The summed E-state index contributed by atoms with van der Waals surface area (Å²) in [4.78, 5) is 49.0. The van der Waals surface area contributed by atoms with Crippen molar-refractivity contribution >= 4 is 46.6 Å². The predicted octanol–water partition coefficient (Wildman–Crippen LogP) is 9.04. The van der Waals surface area contributed by atoms with Crippen LogP contribution in [-0.2, 0) is 27.0 Å². The predicted molar refractivity (Wildman–Crippen MR) is 241 cm³/mol. The fourth-order valence-corrected chi connectivity index (χ4v) is 7.52. The fourth-order valence-electron chi connectivity index (χ4n) is 7.52. The molecule has 1 saturated carbocycles. The molecule has 18 heteroatoms. The third-order valence-electron chi connectivity index (χ3n) is 10.6. The number of pyridine rings is 2. The maximum absolute atomic E-state index is 13.4. The highest BCUT2D eigenvalue weighted by Gasteiger charge is 2.31. The number of hydrogen-bond donors (Lipinski definition) is 3. The zero-order valence-corrected chi connectivity index (χ0v) is 37.3. The molecule has 346 valence electrons. The van der Waals surface area contributed by atoms with Crippen molar-refractivity contribution in [2.45, 2.75) is 90.2 Å². The van der Waals surface area contributed by atoms with Crippen LogP contribution in [0.5, 0.6) is 11.5 Å². The highest BCUT2D eigenvalue weighted by atomic mass is 19.4. The van der Waals surface area contributed by atoms with E-state index in [1.807, 2.05) is 29.0 Å². The Labute approximate surface area is 375 Å². The minimum atomic E-state index is -4.60. The van der Waals surface area contributed by atoms with Crippen LogP contribution in [-0.4, -0.2) is 88.2 Å². The van der Waals surface area contributed by atoms with Crippen LogP contribution >= 0.6 is 0 Å². The number of esters is 1. The number of anilines is 2. The van der Waals surface area contributed by atoms with Crippen molar-refractivity contribution < 1.29 is 46.5 Å². The second-order valence-electron chi connectivity index (χ2n) is 16.5. The number of carbonyl (C=O) groups is 3. The summed E-state index contributed by atoms with van der Waals surface area (Å²) in [6.45, 7) is 7.32. The third kappa shape index (κ3) is 12.3. The van der Waals surface area contributed by atoms with Gasteiger partial charge in [0.25, 0.3) is 5.91 Å². The highest BCUT2D eigenvalue weighted by molar-refractivity contribution is 6.06. The Morgan fingerprint density at radius 2 is 1.77 bits per heavy atom. The lowest BCUT2D eigenvalue weighted by atomic mass is 9.91. The Bertz CT molecular complexity index is 2500. The molecule has 65 heavy (non-hydrogen) atoms. The number of nitrogens with one attached hydrogen (secondary N) is 2. The molecule has 0 spiro atoms. The molecule has 15 nitrogen and oxygen atoms in total. The van der Waals surface area contributed by atoms with Crippen LogP contribution in [0.4, 0.5) is 29.6 Å². The van der Waals surface area contributed by atoms with Gasteiger partial charge in [0.1, 0.15) is 41.0 Å². The number of carbonyl (C=O) groups excluding carboxylic acids is 3. The maximum atomic E-state index is 13.4. The number of hydrogen-bond acceptors (Lipinski definition) is 12. The summed E-state index contributed by atoms with van der Waals surface area (Å²) in [5.74, 6) is 0.322. The molecule has 0 aliphatic heterocycles. The van der Waals surface area contributed by atoms with Crippen molar-refractivity contribution in [2.75, 3.05) is 44.5 Å². The minimum Gasteiger partial charge on any atom is -0.497 e.